The van der Waals surface area contributed by atoms with Crippen molar-refractivity contribution < 1.29 is 14.6 Å². The topological polar surface area (TPSA) is 71.5 Å². The molecule has 0 aliphatic rings. The number of nitrogens with zero attached hydrogens (tertiary/aromatic N) is 1. The monoisotopic (exact) mass is 262 g/mol. The van der Waals surface area contributed by atoms with Crippen molar-refractivity contribution in [2.75, 3.05) is 20.3 Å². The van der Waals surface area contributed by atoms with Gasteiger partial charge in [-0.3, -0.25) is 9.78 Å². The van der Waals surface area contributed by atoms with Crippen LogP contribution < -0.4 is 5.32 Å². The summed E-state index contributed by atoms with van der Waals surface area (Å²) in [7, 11) is 1.59. The summed E-state index contributed by atoms with van der Waals surface area (Å²) < 4.78 is 5.06. The minimum atomic E-state index is -0.209. The fourth-order valence-electron chi connectivity index (χ4n) is 1.32. The molecule has 1 heterocycles. The van der Waals surface area contributed by atoms with Gasteiger partial charge in [0, 0.05) is 32.5 Å². The summed E-state index contributed by atoms with van der Waals surface area (Å²) >= 11 is 0. The Morgan fingerprint density at radius 2 is 2.42 bits per heavy atom. The molecule has 0 aliphatic carbocycles. The molecule has 1 unspecified atom stereocenters. The van der Waals surface area contributed by atoms with E-state index in [2.05, 4.69) is 22.1 Å². The predicted molar refractivity (Wildman–Crippen MR) is 71.6 cm³/mol. The highest BCUT2D eigenvalue weighted by molar-refractivity contribution is 5.96. The van der Waals surface area contributed by atoms with E-state index in [1.54, 1.807) is 25.6 Å². The van der Waals surface area contributed by atoms with Crippen LogP contribution in [0, 0.1) is 11.8 Å². The first-order valence-electron chi connectivity index (χ1n) is 6.03. The average molecular weight is 262 g/mol. The van der Waals surface area contributed by atoms with Crippen molar-refractivity contribution in [1.82, 2.24) is 10.3 Å². The van der Waals surface area contributed by atoms with E-state index in [0.29, 0.717) is 24.1 Å². The number of aliphatic hydroxyl groups excluding tert-OH is 1. The van der Waals surface area contributed by atoms with Crippen LogP contribution in [0.15, 0.2) is 18.5 Å². The maximum atomic E-state index is 12.0. The van der Waals surface area contributed by atoms with Gasteiger partial charge in [-0.1, -0.05) is 11.8 Å². The number of ether oxygens (including phenoxy) is 1. The molecule has 0 saturated heterocycles. The molecule has 1 atom stereocenters. The normalized spacial score (nSPS) is 11.3. The van der Waals surface area contributed by atoms with E-state index < -0.39 is 0 Å². The third kappa shape index (κ3) is 5.08. The predicted octanol–water partition coefficient (Wildman–Crippen LogP) is 0.580. The Balaban J connectivity index is 2.77. The summed E-state index contributed by atoms with van der Waals surface area (Å²) in [6.07, 6.45) is 3.41. The summed E-state index contributed by atoms with van der Waals surface area (Å²) in [4.78, 5) is 16.0. The van der Waals surface area contributed by atoms with Crippen molar-refractivity contribution in [2.45, 2.75) is 19.4 Å². The van der Waals surface area contributed by atoms with Crippen LogP contribution in [0.1, 0.15) is 29.3 Å². The molecule has 0 aromatic carbocycles. The highest BCUT2D eigenvalue weighted by Crippen LogP contribution is 2.05. The lowest BCUT2D eigenvalue weighted by Gasteiger charge is -2.11. The maximum absolute atomic E-state index is 12.0. The van der Waals surface area contributed by atoms with E-state index in [-0.39, 0.29) is 18.6 Å². The molecule has 1 aromatic rings. The number of nitrogens with one attached hydrogen (secondary N) is 1. The zero-order valence-electron chi connectivity index (χ0n) is 11.1. The lowest BCUT2D eigenvalue weighted by atomic mass is 10.1. The van der Waals surface area contributed by atoms with Crippen molar-refractivity contribution >= 4 is 5.91 Å². The van der Waals surface area contributed by atoms with Gasteiger partial charge in [-0.25, -0.2) is 0 Å². The van der Waals surface area contributed by atoms with Crippen LogP contribution >= 0.6 is 0 Å². The molecule has 0 bridgehead atoms. The molecule has 0 aliphatic heterocycles. The SMILES string of the molecule is COC(C)CNC(=O)c1ccncc1C#CCCO. The first-order chi connectivity index (χ1) is 9.19. The van der Waals surface area contributed by atoms with Crippen LogP contribution in [0.25, 0.3) is 0 Å². The van der Waals surface area contributed by atoms with Gasteiger partial charge in [-0.15, -0.1) is 0 Å². The number of pyridine rings is 1. The molecular formula is C14H18N2O3. The van der Waals surface area contributed by atoms with E-state index in [9.17, 15) is 4.79 Å². The summed E-state index contributed by atoms with van der Waals surface area (Å²) in [6, 6.07) is 1.62. The zero-order chi connectivity index (χ0) is 14.1. The van der Waals surface area contributed by atoms with E-state index in [4.69, 9.17) is 9.84 Å². The van der Waals surface area contributed by atoms with Crippen LogP contribution in [-0.2, 0) is 4.74 Å². The Bertz CT molecular complexity index is 477. The van der Waals surface area contributed by atoms with Crippen molar-refractivity contribution in [3.05, 3.63) is 29.6 Å². The minimum Gasteiger partial charge on any atom is -0.395 e. The molecular weight excluding hydrogens is 244 g/mol. The van der Waals surface area contributed by atoms with Crippen LogP contribution in [0.5, 0.6) is 0 Å². The van der Waals surface area contributed by atoms with Crippen LogP contribution in [0.4, 0.5) is 0 Å². The molecule has 0 fully saturated rings. The number of hydrogen-bond acceptors (Lipinski definition) is 4. The fourth-order valence-corrected chi connectivity index (χ4v) is 1.32. The van der Waals surface area contributed by atoms with Crippen LogP contribution in [-0.4, -0.2) is 42.4 Å². The number of amides is 1. The molecule has 0 radical (unpaired) electrons. The van der Waals surface area contributed by atoms with Crippen molar-refractivity contribution in [3.63, 3.8) is 0 Å². The molecule has 102 valence electrons. The second-order valence-corrected chi connectivity index (χ2v) is 3.95. The molecule has 2 N–H and O–H groups in total. The molecule has 5 heteroatoms. The molecule has 1 aromatic heterocycles. The van der Waals surface area contributed by atoms with E-state index in [1.807, 2.05) is 6.92 Å². The van der Waals surface area contributed by atoms with Gasteiger partial charge in [0.2, 0.25) is 0 Å². The molecule has 0 spiro atoms. The number of aliphatic hydroxyl groups is 1. The Kier molecular flexibility index (Phi) is 6.58. The molecule has 5 nitrogen and oxygen atoms in total. The number of rotatable bonds is 5. The number of aromatic nitrogens is 1. The standard InChI is InChI=1S/C14H18N2O3/c1-11(19-2)9-16-14(18)13-6-7-15-10-12(13)5-3-4-8-17/h6-7,10-11,17H,4,8-9H2,1-2H3,(H,16,18). The van der Waals surface area contributed by atoms with Gasteiger partial charge < -0.3 is 15.2 Å². The second kappa shape index (κ2) is 8.25. The second-order valence-electron chi connectivity index (χ2n) is 3.95. The van der Waals surface area contributed by atoms with Gasteiger partial charge in [-0.2, -0.15) is 0 Å². The van der Waals surface area contributed by atoms with Gasteiger partial charge in [-0.05, 0) is 13.0 Å². The van der Waals surface area contributed by atoms with Gasteiger partial charge in [0.15, 0.2) is 0 Å². The maximum Gasteiger partial charge on any atom is 0.252 e. The van der Waals surface area contributed by atoms with Gasteiger partial charge in [0.05, 0.1) is 23.8 Å². The quantitative estimate of drug-likeness (QED) is 0.761. The van der Waals surface area contributed by atoms with Gasteiger partial charge in [0.25, 0.3) is 5.91 Å². The summed E-state index contributed by atoms with van der Waals surface area (Å²) in [6.45, 7) is 2.30. The number of carbonyl (C=O) groups excluding carboxylic acids is 1. The smallest absolute Gasteiger partial charge is 0.252 e. The Morgan fingerprint density at radius 3 is 3.11 bits per heavy atom. The lowest BCUT2D eigenvalue weighted by molar-refractivity contribution is 0.0870. The highest BCUT2D eigenvalue weighted by atomic mass is 16.5. The summed E-state index contributed by atoms with van der Waals surface area (Å²) in [5, 5.41) is 11.5. The average Bonchev–Trinajstić information content (AvgIpc) is 2.45. The molecule has 19 heavy (non-hydrogen) atoms. The lowest BCUT2D eigenvalue weighted by Crippen LogP contribution is -2.32. The van der Waals surface area contributed by atoms with E-state index >= 15 is 0 Å². The third-order valence-corrected chi connectivity index (χ3v) is 2.48. The Labute approximate surface area is 113 Å². The first-order valence-corrected chi connectivity index (χ1v) is 6.03. The molecule has 1 amide bonds. The van der Waals surface area contributed by atoms with Gasteiger partial charge >= 0.3 is 0 Å². The van der Waals surface area contributed by atoms with Crippen molar-refractivity contribution in [2.24, 2.45) is 0 Å². The summed E-state index contributed by atoms with van der Waals surface area (Å²) in [5.41, 5.74) is 1.03. The number of hydrogen-bond donors (Lipinski definition) is 2. The van der Waals surface area contributed by atoms with Gasteiger partial charge in [0.1, 0.15) is 0 Å². The largest absolute Gasteiger partial charge is 0.395 e. The zero-order valence-corrected chi connectivity index (χ0v) is 11.1. The minimum absolute atomic E-state index is 0.000144. The van der Waals surface area contributed by atoms with Crippen molar-refractivity contribution in [3.8, 4) is 11.8 Å². The molecule has 1 rings (SSSR count). The number of carbonyl (C=O) groups is 1. The van der Waals surface area contributed by atoms with Crippen LogP contribution in [0.2, 0.25) is 0 Å². The fraction of sp³-hybridized carbons (Fsp3) is 0.429. The molecule has 0 saturated carbocycles. The van der Waals surface area contributed by atoms with Crippen LogP contribution in [0.3, 0.4) is 0 Å². The van der Waals surface area contributed by atoms with E-state index in [0.717, 1.165) is 0 Å². The Hall–Kier alpha value is -1.90. The van der Waals surface area contributed by atoms with Crippen molar-refractivity contribution in [1.29, 1.82) is 0 Å². The number of methoxy groups -OCH3 is 1. The summed E-state index contributed by atoms with van der Waals surface area (Å²) in [5.74, 6) is 5.40. The Morgan fingerprint density at radius 1 is 1.63 bits per heavy atom. The third-order valence-electron chi connectivity index (χ3n) is 2.48. The highest BCUT2D eigenvalue weighted by Gasteiger charge is 2.10. The van der Waals surface area contributed by atoms with E-state index in [1.165, 1.54) is 0 Å². The first kappa shape index (κ1) is 15.2.